The molecule has 3 rings (SSSR count). The van der Waals surface area contributed by atoms with E-state index in [0.29, 0.717) is 4.90 Å². The number of ether oxygens (including phenoxy) is 1. The SMILES string of the molecule is C[C@H](OC(=O)[C@H](C)N1C(=O)c2cccc([N+](=O)[O-])c2C1=O)C(=O)NC1CC1. The topological polar surface area (TPSA) is 136 Å². The predicted molar refractivity (Wildman–Crippen MR) is 89.8 cm³/mol. The van der Waals surface area contributed by atoms with Crippen molar-refractivity contribution in [2.45, 2.75) is 44.9 Å². The summed E-state index contributed by atoms with van der Waals surface area (Å²) in [5, 5.41) is 13.8. The Kier molecular flexibility index (Phi) is 4.64. The summed E-state index contributed by atoms with van der Waals surface area (Å²) >= 11 is 0. The van der Waals surface area contributed by atoms with Gasteiger partial charge in [0.1, 0.15) is 11.6 Å². The molecule has 10 heteroatoms. The quantitative estimate of drug-likeness (QED) is 0.336. The number of nitro benzene ring substituents is 1. The molecule has 3 amide bonds. The highest BCUT2D eigenvalue weighted by atomic mass is 16.6. The number of carbonyl (C=O) groups excluding carboxylic acids is 4. The number of carbonyl (C=O) groups is 4. The lowest BCUT2D eigenvalue weighted by atomic mass is 10.1. The Hall–Kier alpha value is -3.30. The summed E-state index contributed by atoms with van der Waals surface area (Å²) < 4.78 is 5.06. The van der Waals surface area contributed by atoms with E-state index in [1.807, 2.05) is 0 Å². The Morgan fingerprint density at radius 2 is 1.93 bits per heavy atom. The lowest BCUT2D eigenvalue weighted by Crippen LogP contribution is -2.46. The number of hydrogen-bond acceptors (Lipinski definition) is 7. The Bertz CT molecular complexity index is 862. The van der Waals surface area contributed by atoms with E-state index in [2.05, 4.69) is 5.32 Å². The van der Waals surface area contributed by atoms with E-state index >= 15 is 0 Å². The molecule has 0 spiro atoms. The Morgan fingerprint density at radius 1 is 1.26 bits per heavy atom. The van der Waals surface area contributed by atoms with Crippen LogP contribution in [0.2, 0.25) is 0 Å². The van der Waals surface area contributed by atoms with Gasteiger partial charge >= 0.3 is 5.97 Å². The average molecular weight is 375 g/mol. The van der Waals surface area contributed by atoms with Crippen molar-refractivity contribution >= 4 is 29.4 Å². The number of rotatable bonds is 6. The molecule has 2 aliphatic rings. The number of imide groups is 1. The highest BCUT2D eigenvalue weighted by Gasteiger charge is 2.45. The van der Waals surface area contributed by atoms with Crippen LogP contribution in [-0.2, 0) is 14.3 Å². The molecule has 1 aliphatic carbocycles. The Labute approximate surface area is 153 Å². The largest absolute Gasteiger partial charge is 0.451 e. The monoisotopic (exact) mass is 375 g/mol. The molecule has 0 bridgehead atoms. The van der Waals surface area contributed by atoms with Gasteiger partial charge in [-0.1, -0.05) is 6.07 Å². The van der Waals surface area contributed by atoms with Gasteiger partial charge in [0.15, 0.2) is 6.10 Å². The van der Waals surface area contributed by atoms with E-state index in [4.69, 9.17) is 4.74 Å². The minimum Gasteiger partial charge on any atom is -0.451 e. The van der Waals surface area contributed by atoms with Gasteiger partial charge in [-0.3, -0.25) is 29.4 Å². The number of nitrogens with zero attached hydrogens (tertiary/aromatic N) is 2. The average Bonchev–Trinajstić information content (AvgIpc) is 3.40. The van der Waals surface area contributed by atoms with Crippen molar-refractivity contribution in [2.24, 2.45) is 0 Å². The van der Waals surface area contributed by atoms with Crippen molar-refractivity contribution in [3.63, 3.8) is 0 Å². The van der Waals surface area contributed by atoms with E-state index in [1.165, 1.54) is 26.0 Å². The first-order valence-electron chi connectivity index (χ1n) is 8.38. The van der Waals surface area contributed by atoms with Gasteiger partial charge in [0.25, 0.3) is 23.4 Å². The lowest BCUT2D eigenvalue weighted by Gasteiger charge is -2.22. The third-order valence-corrected chi connectivity index (χ3v) is 4.44. The van der Waals surface area contributed by atoms with Crippen LogP contribution in [0.5, 0.6) is 0 Å². The first kappa shape index (κ1) is 18.5. The number of esters is 1. The molecule has 1 saturated carbocycles. The maximum atomic E-state index is 12.6. The summed E-state index contributed by atoms with van der Waals surface area (Å²) in [5.41, 5.74) is -1.01. The third kappa shape index (κ3) is 3.37. The van der Waals surface area contributed by atoms with E-state index in [0.717, 1.165) is 18.9 Å². The van der Waals surface area contributed by atoms with Crippen LogP contribution in [0.15, 0.2) is 18.2 Å². The van der Waals surface area contributed by atoms with Crippen LogP contribution in [0.25, 0.3) is 0 Å². The van der Waals surface area contributed by atoms with Crippen molar-refractivity contribution in [1.82, 2.24) is 10.2 Å². The summed E-state index contributed by atoms with van der Waals surface area (Å²) in [4.78, 5) is 60.3. The van der Waals surface area contributed by atoms with Crippen molar-refractivity contribution in [1.29, 1.82) is 0 Å². The maximum Gasteiger partial charge on any atom is 0.329 e. The summed E-state index contributed by atoms with van der Waals surface area (Å²) in [7, 11) is 0. The van der Waals surface area contributed by atoms with Gasteiger partial charge in [0, 0.05) is 12.1 Å². The summed E-state index contributed by atoms with van der Waals surface area (Å²) in [6.07, 6.45) is 0.651. The van der Waals surface area contributed by atoms with Crippen LogP contribution in [0.4, 0.5) is 5.69 Å². The fourth-order valence-corrected chi connectivity index (χ4v) is 2.77. The molecule has 1 N–H and O–H groups in total. The van der Waals surface area contributed by atoms with E-state index in [9.17, 15) is 29.3 Å². The Morgan fingerprint density at radius 3 is 2.52 bits per heavy atom. The zero-order valence-corrected chi connectivity index (χ0v) is 14.6. The minimum atomic E-state index is -1.34. The van der Waals surface area contributed by atoms with Crippen LogP contribution >= 0.6 is 0 Å². The van der Waals surface area contributed by atoms with Gasteiger partial charge in [-0.05, 0) is 32.8 Å². The molecule has 0 radical (unpaired) electrons. The fourth-order valence-electron chi connectivity index (χ4n) is 2.77. The minimum absolute atomic E-state index is 0.0906. The van der Waals surface area contributed by atoms with Gasteiger partial charge in [-0.2, -0.15) is 0 Å². The van der Waals surface area contributed by atoms with Gasteiger partial charge in [-0.25, -0.2) is 4.79 Å². The van der Waals surface area contributed by atoms with Crippen molar-refractivity contribution in [3.8, 4) is 0 Å². The molecule has 0 unspecified atom stereocenters. The number of hydrogen-bond donors (Lipinski definition) is 1. The number of fused-ring (bicyclic) bond motifs is 1. The summed E-state index contributed by atoms with van der Waals surface area (Å²) in [6.45, 7) is 2.65. The molecule has 1 aromatic carbocycles. The molecule has 10 nitrogen and oxygen atoms in total. The zero-order valence-electron chi connectivity index (χ0n) is 14.6. The van der Waals surface area contributed by atoms with Crippen LogP contribution in [-0.4, -0.2) is 51.7 Å². The molecule has 2 atom stereocenters. The molecule has 1 fully saturated rings. The maximum absolute atomic E-state index is 12.6. The second-order valence-electron chi connectivity index (χ2n) is 6.48. The van der Waals surface area contributed by atoms with Crippen LogP contribution in [0.1, 0.15) is 47.4 Å². The molecule has 0 aromatic heterocycles. The van der Waals surface area contributed by atoms with E-state index in [1.54, 1.807) is 0 Å². The summed E-state index contributed by atoms with van der Waals surface area (Å²) in [6, 6.07) is 2.44. The van der Waals surface area contributed by atoms with Gasteiger partial charge < -0.3 is 10.1 Å². The second kappa shape index (κ2) is 6.78. The number of benzene rings is 1. The van der Waals surface area contributed by atoms with Crippen LogP contribution in [0.3, 0.4) is 0 Å². The van der Waals surface area contributed by atoms with Gasteiger partial charge in [0.2, 0.25) is 0 Å². The zero-order chi connectivity index (χ0) is 19.9. The fraction of sp³-hybridized carbons (Fsp3) is 0.412. The molecular formula is C17H17N3O7. The highest BCUT2D eigenvalue weighted by molar-refractivity contribution is 6.24. The van der Waals surface area contributed by atoms with Crippen molar-refractivity contribution in [3.05, 3.63) is 39.4 Å². The molecule has 1 aliphatic heterocycles. The molecular weight excluding hydrogens is 358 g/mol. The van der Waals surface area contributed by atoms with E-state index < -0.39 is 46.4 Å². The van der Waals surface area contributed by atoms with Crippen molar-refractivity contribution in [2.75, 3.05) is 0 Å². The van der Waals surface area contributed by atoms with Crippen LogP contribution < -0.4 is 5.32 Å². The molecule has 27 heavy (non-hydrogen) atoms. The number of nitro groups is 1. The first-order chi connectivity index (χ1) is 12.7. The molecule has 142 valence electrons. The Balaban J connectivity index is 1.75. The first-order valence-corrected chi connectivity index (χ1v) is 8.38. The third-order valence-electron chi connectivity index (χ3n) is 4.44. The second-order valence-corrected chi connectivity index (χ2v) is 6.48. The molecule has 0 saturated heterocycles. The van der Waals surface area contributed by atoms with Gasteiger partial charge in [0.05, 0.1) is 10.5 Å². The predicted octanol–water partition coefficient (Wildman–Crippen LogP) is 0.790. The number of amides is 3. The summed E-state index contributed by atoms with van der Waals surface area (Å²) in [5.74, 6) is -3.18. The van der Waals surface area contributed by atoms with E-state index in [-0.39, 0.29) is 17.2 Å². The normalized spacial score (nSPS) is 17.9. The van der Waals surface area contributed by atoms with Gasteiger partial charge in [-0.15, -0.1) is 0 Å². The molecule has 1 aromatic rings. The standard InChI is InChI=1S/C17H17N3O7/c1-8(17(24)27-9(2)14(21)18-10-6-7-10)19-15(22)11-4-3-5-12(20(25)26)13(11)16(19)23/h3-5,8-10H,6-7H2,1-2H3,(H,18,21)/t8-,9-/m0/s1. The van der Waals surface area contributed by atoms with Crippen LogP contribution in [0, 0.1) is 10.1 Å². The highest BCUT2D eigenvalue weighted by Crippen LogP contribution is 2.32. The smallest absolute Gasteiger partial charge is 0.329 e. The lowest BCUT2D eigenvalue weighted by molar-refractivity contribution is -0.385. The molecule has 1 heterocycles. The van der Waals surface area contributed by atoms with Crippen molar-refractivity contribution < 1.29 is 28.8 Å². The number of nitrogens with one attached hydrogen (secondary N) is 1.